The molecule has 2 rings (SSSR count). The monoisotopic (exact) mass is 139 g/mol. The van der Waals surface area contributed by atoms with Crippen LogP contribution in [-0.2, 0) is 7.05 Å². The van der Waals surface area contributed by atoms with E-state index in [0.717, 1.165) is 11.5 Å². The van der Waals surface area contributed by atoms with Crippen molar-refractivity contribution in [2.75, 3.05) is 0 Å². The Morgan fingerprint density at radius 3 is 2.30 bits per heavy atom. The second-order valence-corrected chi connectivity index (χ2v) is 2.46. The van der Waals surface area contributed by atoms with Gasteiger partial charge in [0.05, 0.1) is 0 Å². The molecule has 1 aliphatic heterocycles. The maximum Gasteiger partial charge on any atom is 0.238 e. The predicted molar refractivity (Wildman–Crippen MR) is 36.1 cm³/mol. The minimum Gasteiger partial charge on any atom is -0.450 e. The van der Waals surface area contributed by atoms with Crippen molar-refractivity contribution in [3.8, 4) is 11.5 Å². The summed E-state index contributed by atoms with van der Waals surface area (Å²) in [4.78, 5) is 0. The fourth-order valence-corrected chi connectivity index (χ4v) is 1.09. The topological polar surface area (TPSA) is 23.4 Å². The fourth-order valence-electron chi connectivity index (χ4n) is 1.09. The second-order valence-electron chi connectivity index (χ2n) is 2.46. The molecule has 0 fully saturated rings. The van der Waals surface area contributed by atoms with E-state index < -0.39 is 0 Å². The largest absolute Gasteiger partial charge is 0.450 e. The number of aryl methyl sites for hydroxylation is 1. The summed E-state index contributed by atoms with van der Waals surface area (Å²) in [6.07, 6.45) is 3.68. The average Bonchev–Trinajstić information content (AvgIpc) is 2.21. The third-order valence-corrected chi connectivity index (χ3v) is 1.47. The van der Waals surface area contributed by atoms with Gasteiger partial charge < -0.3 is 14.0 Å². The third kappa shape index (κ3) is 0.667. The van der Waals surface area contributed by atoms with Gasteiger partial charge in [-0.15, -0.1) is 0 Å². The zero-order chi connectivity index (χ0) is 7.14. The second kappa shape index (κ2) is 1.68. The van der Waals surface area contributed by atoms with Crippen molar-refractivity contribution in [3.05, 3.63) is 12.4 Å². The number of rotatable bonds is 0. The van der Waals surface area contributed by atoms with Gasteiger partial charge in [0, 0.05) is 26.4 Å². The van der Waals surface area contributed by atoms with E-state index in [-0.39, 0.29) is 6.29 Å². The van der Waals surface area contributed by atoms with Crippen molar-refractivity contribution in [2.24, 2.45) is 7.05 Å². The van der Waals surface area contributed by atoms with E-state index >= 15 is 0 Å². The highest BCUT2D eigenvalue weighted by Crippen LogP contribution is 2.34. The molecular formula is C7H9NO2. The van der Waals surface area contributed by atoms with Gasteiger partial charge in [0.2, 0.25) is 6.29 Å². The third-order valence-electron chi connectivity index (χ3n) is 1.47. The summed E-state index contributed by atoms with van der Waals surface area (Å²) in [6.45, 7) is 1.88. The first-order chi connectivity index (χ1) is 4.75. The van der Waals surface area contributed by atoms with Crippen molar-refractivity contribution in [2.45, 2.75) is 13.2 Å². The molecule has 1 aromatic rings. The van der Waals surface area contributed by atoms with Crippen molar-refractivity contribution in [1.82, 2.24) is 4.57 Å². The Balaban J connectivity index is 2.39. The molecule has 2 heterocycles. The summed E-state index contributed by atoms with van der Waals surface area (Å²) >= 11 is 0. The number of fused-ring (bicyclic) bond motifs is 1. The van der Waals surface area contributed by atoms with Gasteiger partial charge in [0.25, 0.3) is 0 Å². The molecule has 0 amide bonds. The zero-order valence-electron chi connectivity index (χ0n) is 6.00. The van der Waals surface area contributed by atoms with Crippen LogP contribution < -0.4 is 9.47 Å². The summed E-state index contributed by atoms with van der Waals surface area (Å²) in [5.41, 5.74) is 0. The Bertz CT molecular complexity index is 231. The molecule has 0 bridgehead atoms. The van der Waals surface area contributed by atoms with Crippen LogP contribution in [0.1, 0.15) is 6.92 Å². The van der Waals surface area contributed by atoms with Crippen LogP contribution >= 0.6 is 0 Å². The molecule has 1 aliphatic rings. The maximum atomic E-state index is 5.28. The molecule has 0 aliphatic carbocycles. The average molecular weight is 139 g/mol. The molecule has 3 heteroatoms. The van der Waals surface area contributed by atoms with Crippen molar-refractivity contribution in [3.63, 3.8) is 0 Å². The standard InChI is InChI=1S/C7H9NO2/c1-5-9-6-3-8(2)4-7(6)10-5/h3-5H,1-2H3. The molecule has 0 unspecified atom stereocenters. The lowest BCUT2D eigenvalue weighted by Crippen LogP contribution is -2.12. The van der Waals surface area contributed by atoms with Crippen LogP contribution in [0.15, 0.2) is 12.4 Å². The lowest BCUT2D eigenvalue weighted by Gasteiger charge is -2.02. The number of hydrogen-bond donors (Lipinski definition) is 0. The minimum absolute atomic E-state index is 0.119. The van der Waals surface area contributed by atoms with Gasteiger partial charge in [-0.3, -0.25) is 0 Å². The molecule has 0 saturated carbocycles. The molecule has 0 radical (unpaired) electrons. The van der Waals surface area contributed by atoms with Crippen LogP contribution in [-0.4, -0.2) is 10.9 Å². The van der Waals surface area contributed by atoms with E-state index in [9.17, 15) is 0 Å². The summed E-state index contributed by atoms with van der Waals surface area (Å²) in [7, 11) is 1.94. The van der Waals surface area contributed by atoms with Crippen LogP contribution in [0.3, 0.4) is 0 Å². The van der Waals surface area contributed by atoms with E-state index in [0.29, 0.717) is 0 Å². The van der Waals surface area contributed by atoms with Gasteiger partial charge in [-0.2, -0.15) is 0 Å². The van der Waals surface area contributed by atoms with Crippen LogP contribution in [0, 0.1) is 0 Å². The Hall–Kier alpha value is -1.12. The van der Waals surface area contributed by atoms with E-state index in [2.05, 4.69) is 0 Å². The molecule has 0 N–H and O–H groups in total. The quantitative estimate of drug-likeness (QED) is 0.538. The number of hydrogen-bond acceptors (Lipinski definition) is 2. The normalized spacial score (nSPS) is 16.2. The molecule has 0 saturated heterocycles. The molecule has 0 aromatic carbocycles. The van der Waals surface area contributed by atoms with Gasteiger partial charge >= 0.3 is 0 Å². The molecule has 0 spiro atoms. The van der Waals surface area contributed by atoms with Gasteiger partial charge in [0.15, 0.2) is 11.5 Å². The summed E-state index contributed by atoms with van der Waals surface area (Å²) < 4.78 is 12.5. The summed E-state index contributed by atoms with van der Waals surface area (Å²) in [5.74, 6) is 1.69. The summed E-state index contributed by atoms with van der Waals surface area (Å²) in [6, 6.07) is 0. The number of nitrogens with zero attached hydrogens (tertiary/aromatic N) is 1. The van der Waals surface area contributed by atoms with Gasteiger partial charge in [-0.1, -0.05) is 0 Å². The van der Waals surface area contributed by atoms with E-state index in [1.807, 2.05) is 30.9 Å². The lowest BCUT2D eigenvalue weighted by molar-refractivity contribution is 0.0660. The van der Waals surface area contributed by atoms with Gasteiger partial charge in [-0.25, -0.2) is 0 Å². The first-order valence-corrected chi connectivity index (χ1v) is 3.25. The van der Waals surface area contributed by atoms with Gasteiger partial charge in [0.1, 0.15) is 0 Å². The highest BCUT2D eigenvalue weighted by molar-refractivity contribution is 5.40. The van der Waals surface area contributed by atoms with E-state index in [1.165, 1.54) is 0 Å². The minimum atomic E-state index is -0.119. The van der Waals surface area contributed by atoms with Crippen LogP contribution in [0.25, 0.3) is 0 Å². The van der Waals surface area contributed by atoms with Crippen molar-refractivity contribution >= 4 is 0 Å². The lowest BCUT2D eigenvalue weighted by atomic mass is 10.6. The molecule has 0 atom stereocenters. The number of ether oxygens (including phenoxy) is 2. The molecule has 1 aromatic heterocycles. The fraction of sp³-hybridized carbons (Fsp3) is 0.429. The zero-order valence-corrected chi connectivity index (χ0v) is 6.00. The van der Waals surface area contributed by atoms with E-state index in [1.54, 1.807) is 0 Å². The molecule has 3 nitrogen and oxygen atoms in total. The highest BCUT2D eigenvalue weighted by atomic mass is 16.7. The smallest absolute Gasteiger partial charge is 0.238 e. The van der Waals surface area contributed by atoms with Crippen LogP contribution in [0.5, 0.6) is 11.5 Å². The van der Waals surface area contributed by atoms with Crippen LogP contribution in [0.4, 0.5) is 0 Å². The Morgan fingerprint density at radius 2 is 1.80 bits per heavy atom. The van der Waals surface area contributed by atoms with E-state index in [4.69, 9.17) is 9.47 Å². The molecular weight excluding hydrogens is 130 g/mol. The molecule has 10 heavy (non-hydrogen) atoms. The number of aromatic nitrogens is 1. The first-order valence-electron chi connectivity index (χ1n) is 3.25. The van der Waals surface area contributed by atoms with Crippen molar-refractivity contribution < 1.29 is 9.47 Å². The highest BCUT2D eigenvalue weighted by Gasteiger charge is 2.20. The Morgan fingerprint density at radius 1 is 1.30 bits per heavy atom. The van der Waals surface area contributed by atoms with Crippen LogP contribution in [0.2, 0.25) is 0 Å². The maximum absolute atomic E-state index is 5.28. The Labute approximate surface area is 59.2 Å². The Kier molecular flexibility index (Phi) is 0.952. The first kappa shape index (κ1) is 5.65. The SMILES string of the molecule is CC1Oc2cn(C)cc2O1. The predicted octanol–water partition coefficient (Wildman–Crippen LogP) is 1.14. The summed E-state index contributed by atoms with van der Waals surface area (Å²) in [5, 5.41) is 0. The molecule has 54 valence electrons. The van der Waals surface area contributed by atoms with Gasteiger partial charge in [-0.05, 0) is 0 Å². The van der Waals surface area contributed by atoms with Crippen molar-refractivity contribution in [1.29, 1.82) is 0 Å².